The predicted molar refractivity (Wildman–Crippen MR) is 78.8 cm³/mol. The van der Waals surface area contributed by atoms with Gasteiger partial charge < -0.3 is 9.47 Å². The van der Waals surface area contributed by atoms with E-state index in [0.29, 0.717) is 12.2 Å². The Kier molecular flexibility index (Phi) is 6.07. The molecule has 4 nitrogen and oxygen atoms in total. The van der Waals surface area contributed by atoms with Crippen molar-refractivity contribution in [3.63, 3.8) is 0 Å². The van der Waals surface area contributed by atoms with E-state index in [1.54, 1.807) is 11.8 Å². The third-order valence-electron chi connectivity index (χ3n) is 3.05. The molecule has 110 valence electrons. The van der Waals surface area contributed by atoms with Crippen LogP contribution in [0.3, 0.4) is 0 Å². The number of thioether (sulfide) groups is 1. The molecule has 0 saturated heterocycles. The largest absolute Gasteiger partial charge is 0.469 e. The highest BCUT2D eigenvalue weighted by Crippen LogP contribution is 2.28. The summed E-state index contributed by atoms with van der Waals surface area (Å²) in [6.07, 6.45) is 0.367. The fourth-order valence-corrected chi connectivity index (χ4v) is 2.59. The highest BCUT2D eigenvalue weighted by molar-refractivity contribution is 7.99. The molecule has 0 fully saturated rings. The molecule has 1 aromatic carbocycles. The average molecular weight is 296 g/mol. The maximum Gasteiger partial charge on any atom is 0.315 e. The van der Waals surface area contributed by atoms with Gasteiger partial charge in [-0.15, -0.1) is 11.8 Å². The summed E-state index contributed by atoms with van der Waals surface area (Å²) in [7, 11) is 2.77. The molecule has 0 radical (unpaired) electrons. The van der Waals surface area contributed by atoms with E-state index < -0.39 is 5.41 Å². The molecule has 0 aromatic heterocycles. The molecule has 0 aliphatic rings. The number of esters is 2. The molecule has 5 heteroatoms. The lowest BCUT2D eigenvalue weighted by atomic mass is 9.85. The van der Waals surface area contributed by atoms with Crippen LogP contribution in [0.2, 0.25) is 0 Å². The van der Waals surface area contributed by atoms with E-state index in [9.17, 15) is 9.59 Å². The monoisotopic (exact) mass is 296 g/mol. The highest BCUT2D eigenvalue weighted by Gasteiger charge is 2.30. The zero-order chi connectivity index (χ0) is 15.2. The Balaban J connectivity index is 2.75. The molecule has 0 atom stereocenters. The second-order valence-corrected chi connectivity index (χ2v) is 5.99. The van der Waals surface area contributed by atoms with Gasteiger partial charge in [-0.3, -0.25) is 9.59 Å². The molecule has 0 aliphatic carbocycles. The number of rotatable bonds is 6. The lowest BCUT2D eigenvalue weighted by Crippen LogP contribution is -2.30. The summed E-state index contributed by atoms with van der Waals surface area (Å²) in [6.45, 7) is 3.66. The zero-order valence-corrected chi connectivity index (χ0v) is 13.1. The first-order valence-corrected chi connectivity index (χ1v) is 7.29. The number of benzene rings is 1. The van der Waals surface area contributed by atoms with Crippen LogP contribution in [0.25, 0.3) is 0 Å². The van der Waals surface area contributed by atoms with Crippen molar-refractivity contribution in [3.8, 4) is 0 Å². The molecule has 1 aromatic rings. The van der Waals surface area contributed by atoms with E-state index in [-0.39, 0.29) is 11.9 Å². The van der Waals surface area contributed by atoms with Gasteiger partial charge in [0.25, 0.3) is 0 Å². The fraction of sp³-hybridized carbons (Fsp3) is 0.467. The van der Waals surface area contributed by atoms with Gasteiger partial charge in [-0.25, -0.2) is 0 Å². The number of hydrogen-bond donors (Lipinski definition) is 0. The lowest BCUT2D eigenvalue weighted by Gasteiger charge is -2.22. The Morgan fingerprint density at radius 1 is 1.20 bits per heavy atom. The minimum atomic E-state index is -0.687. The van der Waals surface area contributed by atoms with Crippen LogP contribution < -0.4 is 0 Å². The molecule has 0 spiro atoms. The molecule has 20 heavy (non-hydrogen) atoms. The van der Waals surface area contributed by atoms with Crippen molar-refractivity contribution in [2.24, 2.45) is 0 Å². The van der Waals surface area contributed by atoms with Crippen molar-refractivity contribution in [1.29, 1.82) is 0 Å². The molecule has 0 aliphatic heterocycles. The Hall–Kier alpha value is -1.49. The molecule has 0 N–H and O–H groups in total. The Bertz CT molecular complexity index is 483. The van der Waals surface area contributed by atoms with Crippen molar-refractivity contribution >= 4 is 23.7 Å². The van der Waals surface area contributed by atoms with Crippen LogP contribution in [-0.2, 0) is 24.5 Å². The van der Waals surface area contributed by atoms with Crippen LogP contribution >= 0.6 is 11.8 Å². The van der Waals surface area contributed by atoms with Crippen LogP contribution in [-0.4, -0.2) is 31.9 Å². The van der Waals surface area contributed by atoms with E-state index in [2.05, 4.69) is 4.74 Å². The smallest absolute Gasteiger partial charge is 0.315 e. The summed E-state index contributed by atoms with van der Waals surface area (Å²) in [6, 6.07) is 7.72. The van der Waals surface area contributed by atoms with Crippen LogP contribution in [0.1, 0.15) is 25.8 Å². The Morgan fingerprint density at radius 2 is 1.90 bits per heavy atom. The fourth-order valence-electron chi connectivity index (χ4n) is 1.70. The van der Waals surface area contributed by atoms with E-state index >= 15 is 0 Å². The van der Waals surface area contributed by atoms with Gasteiger partial charge in [0, 0.05) is 10.6 Å². The molecule has 0 saturated carbocycles. The zero-order valence-electron chi connectivity index (χ0n) is 12.3. The highest BCUT2D eigenvalue weighted by atomic mass is 32.2. The summed E-state index contributed by atoms with van der Waals surface area (Å²) in [4.78, 5) is 23.9. The van der Waals surface area contributed by atoms with Crippen molar-refractivity contribution < 1.29 is 19.1 Å². The first-order chi connectivity index (χ1) is 9.41. The number of ether oxygens (including phenoxy) is 2. The molecular formula is C15H20O4S. The first kappa shape index (κ1) is 16.6. The minimum Gasteiger partial charge on any atom is -0.469 e. The SMILES string of the molecule is COC(=O)CCSc1cccc(C(C)(C)C(=O)OC)c1. The molecule has 0 bridgehead atoms. The minimum absolute atomic E-state index is 0.219. The number of methoxy groups -OCH3 is 2. The van der Waals surface area contributed by atoms with Crippen LogP contribution in [0.15, 0.2) is 29.2 Å². The third kappa shape index (κ3) is 4.27. The Labute approximate surface area is 123 Å². The number of hydrogen-bond acceptors (Lipinski definition) is 5. The second-order valence-electron chi connectivity index (χ2n) is 4.82. The van der Waals surface area contributed by atoms with Crippen LogP contribution in [0.4, 0.5) is 0 Å². The van der Waals surface area contributed by atoms with Crippen molar-refractivity contribution in [2.75, 3.05) is 20.0 Å². The lowest BCUT2D eigenvalue weighted by molar-refractivity contribution is -0.146. The summed E-state index contributed by atoms with van der Waals surface area (Å²) >= 11 is 1.56. The van der Waals surface area contributed by atoms with E-state index in [4.69, 9.17) is 4.74 Å². The quantitative estimate of drug-likeness (QED) is 0.597. The third-order valence-corrected chi connectivity index (χ3v) is 4.05. The van der Waals surface area contributed by atoms with Gasteiger partial charge >= 0.3 is 11.9 Å². The number of carbonyl (C=O) groups is 2. The van der Waals surface area contributed by atoms with Crippen molar-refractivity contribution in [3.05, 3.63) is 29.8 Å². The van der Waals surface area contributed by atoms with E-state index in [1.807, 2.05) is 38.1 Å². The van der Waals surface area contributed by atoms with Crippen LogP contribution in [0, 0.1) is 0 Å². The van der Waals surface area contributed by atoms with Gasteiger partial charge in [0.2, 0.25) is 0 Å². The van der Waals surface area contributed by atoms with Crippen LogP contribution in [0.5, 0.6) is 0 Å². The standard InChI is InChI=1S/C15H20O4S/c1-15(2,14(17)19-4)11-6-5-7-12(10-11)20-9-8-13(16)18-3/h5-7,10H,8-9H2,1-4H3. The summed E-state index contributed by atoms with van der Waals surface area (Å²) in [5.74, 6) is 0.159. The normalized spacial score (nSPS) is 11.0. The summed E-state index contributed by atoms with van der Waals surface area (Å²) in [5, 5.41) is 0. The van der Waals surface area contributed by atoms with Gasteiger partial charge in [0.05, 0.1) is 26.1 Å². The molecule has 0 unspecified atom stereocenters. The Morgan fingerprint density at radius 3 is 2.50 bits per heavy atom. The second kappa shape index (κ2) is 7.33. The van der Waals surface area contributed by atoms with Gasteiger partial charge in [-0.05, 0) is 31.5 Å². The summed E-state index contributed by atoms with van der Waals surface area (Å²) < 4.78 is 9.43. The first-order valence-electron chi connectivity index (χ1n) is 6.30. The predicted octanol–water partition coefficient (Wildman–Crippen LogP) is 2.79. The molecule has 0 amide bonds. The van der Waals surface area contributed by atoms with Crippen molar-refractivity contribution in [2.45, 2.75) is 30.6 Å². The molecule has 1 rings (SSSR count). The van der Waals surface area contributed by atoms with Gasteiger partial charge in [-0.1, -0.05) is 12.1 Å². The molecule has 0 heterocycles. The maximum absolute atomic E-state index is 11.8. The average Bonchev–Trinajstić information content (AvgIpc) is 2.46. The topological polar surface area (TPSA) is 52.6 Å². The van der Waals surface area contributed by atoms with Gasteiger partial charge in [0.15, 0.2) is 0 Å². The van der Waals surface area contributed by atoms with Gasteiger partial charge in [-0.2, -0.15) is 0 Å². The maximum atomic E-state index is 11.8. The number of carbonyl (C=O) groups excluding carboxylic acids is 2. The summed E-state index contributed by atoms with van der Waals surface area (Å²) in [5.41, 5.74) is 0.209. The van der Waals surface area contributed by atoms with E-state index in [0.717, 1.165) is 10.5 Å². The van der Waals surface area contributed by atoms with E-state index in [1.165, 1.54) is 14.2 Å². The molecular weight excluding hydrogens is 276 g/mol. The van der Waals surface area contributed by atoms with Crippen molar-refractivity contribution in [1.82, 2.24) is 0 Å². The van der Waals surface area contributed by atoms with Gasteiger partial charge in [0.1, 0.15) is 0 Å².